The summed E-state index contributed by atoms with van der Waals surface area (Å²) in [6.45, 7) is 4.73. The standard InChI is InChI=1S/C23H29O2S/c1-22(2)17-10-11-23(22,20(25)13-17)21-16-8-9-18(12-16)26(21)14-19(24)15-6-4-3-5-7-15/h3-7,16-18,21H,8-14H2,1-2H3/q+1/t16-,17-,18+,21+,23+,26?/m1/s1. The summed E-state index contributed by atoms with van der Waals surface area (Å²) in [6, 6.07) is 9.78. The van der Waals surface area contributed by atoms with Crippen LogP contribution in [-0.2, 0) is 15.7 Å². The molecule has 1 saturated heterocycles. The fourth-order valence-corrected chi connectivity index (χ4v) is 11.1. The van der Waals surface area contributed by atoms with Crippen molar-refractivity contribution in [3.05, 3.63) is 35.9 Å². The van der Waals surface area contributed by atoms with Crippen LogP contribution >= 0.6 is 0 Å². The van der Waals surface area contributed by atoms with Gasteiger partial charge in [-0.15, -0.1) is 0 Å². The summed E-state index contributed by atoms with van der Waals surface area (Å²) in [5.41, 5.74) is 0.845. The minimum absolute atomic E-state index is 0.0762. The highest BCUT2D eigenvalue weighted by molar-refractivity contribution is 7.99. The molecule has 5 rings (SSSR count). The molecule has 0 N–H and O–H groups in total. The smallest absolute Gasteiger partial charge is 0.211 e. The lowest BCUT2D eigenvalue weighted by molar-refractivity contribution is -0.130. The van der Waals surface area contributed by atoms with Crippen LogP contribution < -0.4 is 0 Å². The van der Waals surface area contributed by atoms with Crippen LogP contribution in [0.5, 0.6) is 0 Å². The zero-order valence-electron chi connectivity index (χ0n) is 15.9. The predicted molar refractivity (Wildman–Crippen MR) is 106 cm³/mol. The molecule has 3 heteroatoms. The largest absolute Gasteiger partial charge is 0.299 e. The Labute approximate surface area is 159 Å². The van der Waals surface area contributed by atoms with E-state index in [-0.39, 0.29) is 21.7 Å². The Morgan fingerprint density at radius 1 is 1.15 bits per heavy atom. The van der Waals surface area contributed by atoms with Crippen molar-refractivity contribution in [1.29, 1.82) is 0 Å². The van der Waals surface area contributed by atoms with Gasteiger partial charge in [-0.25, -0.2) is 0 Å². The Morgan fingerprint density at radius 2 is 1.92 bits per heavy atom. The van der Waals surface area contributed by atoms with E-state index in [1.807, 2.05) is 30.3 Å². The molecule has 2 nitrogen and oxygen atoms in total. The maximum absolute atomic E-state index is 13.3. The van der Waals surface area contributed by atoms with Gasteiger partial charge in [-0.1, -0.05) is 44.2 Å². The first-order chi connectivity index (χ1) is 12.4. The van der Waals surface area contributed by atoms with Crippen LogP contribution in [0.25, 0.3) is 0 Å². The summed E-state index contributed by atoms with van der Waals surface area (Å²) in [7, 11) is 0.0762. The summed E-state index contributed by atoms with van der Waals surface area (Å²) >= 11 is 0. The van der Waals surface area contributed by atoms with Crippen molar-refractivity contribution in [2.24, 2.45) is 22.7 Å². The molecule has 3 aliphatic carbocycles. The van der Waals surface area contributed by atoms with E-state index in [1.165, 1.54) is 25.7 Å². The van der Waals surface area contributed by atoms with E-state index in [9.17, 15) is 9.59 Å². The molecular formula is C23H29O2S+. The number of Topliss-reactive ketones (excluding diaryl/α,β-unsaturated/α-hetero) is 2. The molecular weight excluding hydrogens is 340 g/mol. The van der Waals surface area contributed by atoms with E-state index in [4.69, 9.17) is 0 Å². The zero-order chi connectivity index (χ0) is 18.1. The second-order valence-corrected chi connectivity index (χ2v) is 12.0. The van der Waals surface area contributed by atoms with Crippen molar-refractivity contribution < 1.29 is 9.59 Å². The number of fused-ring (bicyclic) bond motifs is 4. The molecule has 4 bridgehead atoms. The molecule has 1 aromatic carbocycles. The van der Waals surface area contributed by atoms with Crippen LogP contribution in [0, 0.1) is 22.7 Å². The van der Waals surface area contributed by atoms with Gasteiger partial charge >= 0.3 is 0 Å². The number of carbonyl (C=O) groups excluding carboxylic acids is 2. The van der Waals surface area contributed by atoms with Gasteiger partial charge in [-0.2, -0.15) is 0 Å². The maximum Gasteiger partial charge on any atom is 0.211 e. The SMILES string of the molecule is CC1(C)[C@@H]2CC[C@@]1([C@@H]1[C@@H]3CC[C@@H](C3)[S+]1CC(=O)c1ccccc1)C(=O)C2. The second kappa shape index (κ2) is 5.70. The van der Waals surface area contributed by atoms with Gasteiger partial charge in [0.15, 0.2) is 5.75 Å². The van der Waals surface area contributed by atoms with Crippen LogP contribution in [-0.4, -0.2) is 27.8 Å². The minimum Gasteiger partial charge on any atom is -0.299 e. The Morgan fingerprint density at radius 3 is 2.58 bits per heavy atom. The number of hydrogen-bond acceptors (Lipinski definition) is 2. The van der Waals surface area contributed by atoms with Crippen molar-refractivity contribution in [3.8, 4) is 0 Å². The van der Waals surface area contributed by atoms with Crippen LogP contribution in [0.1, 0.15) is 62.7 Å². The van der Waals surface area contributed by atoms with Gasteiger partial charge in [0.25, 0.3) is 0 Å². The van der Waals surface area contributed by atoms with Gasteiger partial charge in [-0.05, 0) is 37.0 Å². The second-order valence-electron chi connectivity index (χ2n) is 9.57. The predicted octanol–water partition coefficient (Wildman–Crippen LogP) is 4.43. The van der Waals surface area contributed by atoms with Crippen LogP contribution in [0.15, 0.2) is 30.3 Å². The van der Waals surface area contributed by atoms with E-state index in [2.05, 4.69) is 13.8 Å². The number of ketones is 2. The normalized spacial score (nSPS) is 42.5. The zero-order valence-corrected chi connectivity index (χ0v) is 16.7. The minimum atomic E-state index is -0.127. The Balaban J connectivity index is 1.50. The van der Waals surface area contributed by atoms with Gasteiger partial charge in [0.05, 0.1) is 5.41 Å². The van der Waals surface area contributed by atoms with Gasteiger partial charge in [-0.3, -0.25) is 9.59 Å². The molecule has 1 heterocycles. The van der Waals surface area contributed by atoms with Crippen LogP contribution in [0.4, 0.5) is 0 Å². The Bertz CT molecular complexity index is 755. The molecule has 1 unspecified atom stereocenters. The highest BCUT2D eigenvalue weighted by Gasteiger charge is 2.75. The molecule has 6 atom stereocenters. The highest BCUT2D eigenvalue weighted by atomic mass is 32.2. The topological polar surface area (TPSA) is 34.1 Å². The first-order valence-corrected chi connectivity index (χ1v) is 11.8. The summed E-state index contributed by atoms with van der Waals surface area (Å²) in [5, 5.41) is 1.17. The third kappa shape index (κ3) is 2.07. The van der Waals surface area contributed by atoms with Crippen molar-refractivity contribution in [2.75, 3.05) is 5.75 Å². The van der Waals surface area contributed by atoms with Crippen LogP contribution in [0.2, 0.25) is 0 Å². The average Bonchev–Trinajstić information content (AvgIpc) is 3.34. The fraction of sp³-hybridized carbons (Fsp3) is 0.652. The molecule has 138 valence electrons. The molecule has 0 radical (unpaired) electrons. The molecule has 4 aliphatic rings. The Hall–Kier alpha value is -1.09. The molecule has 1 aromatic rings. The summed E-state index contributed by atoms with van der Waals surface area (Å²) in [6.07, 6.45) is 6.93. The van der Waals surface area contributed by atoms with Crippen molar-refractivity contribution in [1.82, 2.24) is 0 Å². The number of benzene rings is 1. The lowest BCUT2D eigenvalue weighted by Gasteiger charge is -2.43. The fourth-order valence-electron chi connectivity index (χ4n) is 7.08. The lowest BCUT2D eigenvalue weighted by atomic mass is 9.64. The molecule has 26 heavy (non-hydrogen) atoms. The first-order valence-electron chi connectivity index (χ1n) is 10.2. The van der Waals surface area contributed by atoms with Crippen molar-refractivity contribution >= 4 is 22.5 Å². The van der Waals surface area contributed by atoms with Gasteiger partial charge < -0.3 is 0 Å². The van der Waals surface area contributed by atoms with E-state index in [1.54, 1.807) is 0 Å². The number of carbonyl (C=O) groups is 2. The molecule has 0 aromatic heterocycles. The van der Waals surface area contributed by atoms with Crippen LogP contribution in [0.3, 0.4) is 0 Å². The Kier molecular flexibility index (Phi) is 3.74. The van der Waals surface area contributed by atoms with E-state index >= 15 is 0 Å². The van der Waals surface area contributed by atoms with Gasteiger partial charge in [0.1, 0.15) is 16.3 Å². The molecule has 1 aliphatic heterocycles. The van der Waals surface area contributed by atoms with E-state index < -0.39 is 0 Å². The van der Waals surface area contributed by atoms with Gasteiger partial charge in [0.2, 0.25) is 5.78 Å². The number of hydrogen-bond donors (Lipinski definition) is 0. The van der Waals surface area contributed by atoms with E-state index in [0.29, 0.717) is 39.7 Å². The molecule has 0 amide bonds. The average molecular weight is 370 g/mol. The quantitative estimate of drug-likeness (QED) is 0.581. The number of rotatable bonds is 4. The summed E-state index contributed by atoms with van der Waals surface area (Å²) < 4.78 is 0. The summed E-state index contributed by atoms with van der Waals surface area (Å²) in [5.74, 6) is 2.77. The molecule has 4 fully saturated rings. The maximum atomic E-state index is 13.3. The highest BCUT2D eigenvalue weighted by Crippen LogP contribution is 2.70. The van der Waals surface area contributed by atoms with Crippen molar-refractivity contribution in [3.63, 3.8) is 0 Å². The third-order valence-electron chi connectivity index (χ3n) is 8.47. The summed E-state index contributed by atoms with van der Waals surface area (Å²) in [4.78, 5) is 26.3. The monoisotopic (exact) mass is 369 g/mol. The van der Waals surface area contributed by atoms with E-state index in [0.717, 1.165) is 18.4 Å². The first kappa shape index (κ1) is 17.0. The molecule has 3 saturated carbocycles. The van der Waals surface area contributed by atoms with Gasteiger partial charge in [0, 0.05) is 35.2 Å². The van der Waals surface area contributed by atoms with Crippen molar-refractivity contribution in [2.45, 2.75) is 62.9 Å². The third-order valence-corrected chi connectivity index (χ3v) is 11.8. The lowest BCUT2D eigenvalue weighted by Crippen LogP contribution is -2.54. The molecule has 0 spiro atoms.